The minimum Gasteiger partial charge on any atom is -0.489 e. The van der Waals surface area contributed by atoms with Gasteiger partial charge >= 0.3 is 12.1 Å². The molecule has 0 atom stereocenters. The molecule has 0 unspecified atom stereocenters. The number of benzene rings is 2. The first kappa shape index (κ1) is 18.4. The molecule has 0 spiro atoms. The summed E-state index contributed by atoms with van der Waals surface area (Å²) in [4.78, 5) is 14.5. The third kappa shape index (κ3) is 4.08. The van der Waals surface area contributed by atoms with Gasteiger partial charge in [0.05, 0.1) is 11.3 Å². The molecule has 1 N–H and O–H groups in total. The van der Waals surface area contributed by atoms with Crippen molar-refractivity contribution in [2.75, 3.05) is 0 Å². The van der Waals surface area contributed by atoms with Crippen LogP contribution in [0.25, 0.3) is 5.69 Å². The average molecular weight is 377 g/mol. The largest absolute Gasteiger partial charge is 0.489 e. The number of hydrogen-bond acceptors (Lipinski definition) is 4. The van der Waals surface area contributed by atoms with Crippen molar-refractivity contribution in [1.82, 2.24) is 14.8 Å². The second-order valence-corrected chi connectivity index (χ2v) is 5.70. The number of aryl methyl sites for hydroxylation is 1. The van der Waals surface area contributed by atoms with Crippen molar-refractivity contribution in [2.24, 2.45) is 0 Å². The summed E-state index contributed by atoms with van der Waals surface area (Å²) in [6.07, 6.45) is -3.20. The average Bonchev–Trinajstić information content (AvgIpc) is 3.10. The van der Waals surface area contributed by atoms with Crippen LogP contribution in [0.2, 0.25) is 0 Å². The van der Waals surface area contributed by atoms with E-state index < -0.39 is 17.7 Å². The van der Waals surface area contributed by atoms with Gasteiger partial charge in [0.1, 0.15) is 18.7 Å². The molecule has 0 fully saturated rings. The topological polar surface area (TPSA) is 77.2 Å². The number of nitrogens with zero attached hydrogens (tertiary/aromatic N) is 3. The first-order chi connectivity index (χ1) is 12.8. The summed E-state index contributed by atoms with van der Waals surface area (Å²) in [5, 5.41) is 12.6. The number of aromatic nitrogens is 3. The molecule has 2 aromatic carbocycles. The molecule has 27 heavy (non-hydrogen) atoms. The van der Waals surface area contributed by atoms with Crippen molar-refractivity contribution in [3.8, 4) is 11.4 Å². The maximum atomic E-state index is 13.1. The van der Waals surface area contributed by atoms with E-state index >= 15 is 0 Å². The minimum atomic E-state index is -4.45. The Labute approximate surface area is 151 Å². The van der Waals surface area contributed by atoms with E-state index in [-0.39, 0.29) is 18.0 Å². The Balaban J connectivity index is 1.75. The van der Waals surface area contributed by atoms with Crippen LogP contribution in [0.1, 0.15) is 27.3 Å². The van der Waals surface area contributed by atoms with Crippen LogP contribution in [0.3, 0.4) is 0 Å². The Morgan fingerprint density at radius 2 is 1.89 bits per heavy atom. The third-order valence-electron chi connectivity index (χ3n) is 3.88. The molecule has 6 nitrogen and oxygen atoms in total. The second-order valence-electron chi connectivity index (χ2n) is 5.70. The SMILES string of the molecule is Cc1cccc(C(F)(F)F)c1COc1ccc(-n2cnc(C(=O)O)n2)cc1. The van der Waals surface area contributed by atoms with E-state index in [1.165, 1.54) is 17.1 Å². The zero-order chi connectivity index (χ0) is 19.6. The lowest BCUT2D eigenvalue weighted by atomic mass is 10.0. The Morgan fingerprint density at radius 3 is 2.48 bits per heavy atom. The lowest BCUT2D eigenvalue weighted by molar-refractivity contribution is -0.138. The van der Waals surface area contributed by atoms with E-state index in [1.807, 2.05) is 0 Å². The first-order valence-corrected chi connectivity index (χ1v) is 7.79. The van der Waals surface area contributed by atoms with E-state index in [2.05, 4.69) is 10.1 Å². The summed E-state index contributed by atoms with van der Waals surface area (Å²) in [5.41, 5.74) is 0.388. The van der Waals surface area contributed by atoms with Crippen molar-refractivity contribution >= 4 is 5.97 Å². The molecule has 0 bridgehead atoms. The van der Waals surface area contributed by atoms with Gasteiger partial charge in [0.15, 0.2) is 0 Å². The van der Waals surface area contributed by atoms with Crippen LogP contribution < -0.4 is 4.74 Å². The molecule has 0 aliphatic carbocycles. The van der Waals surface area contributed by atoms with E-state index in [0.29, 0.717) is 17.0 Å². The fourth-order valence-corrected chi connectivity index (χ4v) is 2.50. The quantitative estimate of drug-likeness (QED) is 0.730. The summed E-state index contributed by atoms with van der Waals surface area (Å²) < 4.78 is 46.2. The van der Waals surface area contributed by atoms with Crippen LogP contribution in [0.15, 0.2) is 48.8 Å². The summed E-state index contributed by atoms with van der Waals surface area (Å²) in [5.74, 6) is -1.21. The van der Waals surface area contributed by atoms with Gasteiger partial charge in [0, 0.05) is 5.56 Å². The normalized spacial score (nSPS) is 11.4. The van der Waals surface area contributed by atoms with Crippen molar-refractivity contribution in [3.63, 3.8) is 0 Å². The Bertz CT molecular complexity index is 966. The minimum absolute atomic E-state index is 0.0800. The molecule has 0 aliphatic heterocycles. The van der Waals surface area contributed by atoms with Crippen LogP contribution in [0, 0.1) is 6.92 Å². The van der Waals surface area contributed by atoms with Crippen LogP contribution in [0.5, 0.6) is 5.75 Å². The molecule has 0 amide bonds. The smallest absolute Gasteiger partial charge is 0.416 e. The summed E-state index contributed by atoms with van der Waals surface area (Å²) >= 11 is 0. The summed E-state index contributed by atoms with van der Waals surface area (Å²) in [6, 6.07) is 10.3. The number of hydrogen-bond donors (Lipinski definition) is 1. The molecule has 1 aromatic heterocycles. The highest BCUT2D eigenvalue weighted by atomic mass is 19.4. The predicted molar refractivity (Wildman–Crippen MR) is 88.8 cm³/mol. The zero-order valence-electron chi connectivity index (χ0n) is 14.1. The number of halogens is 3. The molecule has 0 saturated heterocycles. The number of carboxylic acid groups (broad SMARTS) is 1. The standard InChI is InChI=1S/C18H14F3N3O3/c1-11-3-2-4-15(18(19,20)21)14(11)9-27-13-7-5-12(6-8-13)24-10-22-16(23-24)17(25)26/h2-8,10H,9H2,1H3,(H,25,26). The van der Waals surface area contributed by atoms with E-state index in [9.17, 15) is 18.0 Å². The molecular formula is C18H14F3N3O3. The Hall–Kier alpha value is -3.36. The molecule has 3 rings (SSSR count). The fraction of sp³-hybridized carbons (Fsp3) is 0.167. The van der Waals surface area contributed by atoms with Gasteiger partial charge in [0.25, 0.3) is 5.82 Å². The second kappa shape index (κ2) is 7.10. The van der Waals surface area contributed by atoms with Crippen molar-refractivity contribution in [1.29, 1.82) is 0 Å². The van der Waals surface area contributed by atoms with Gasteiger partial charge < -0.3 is 9.84 Å². The first-order valence-electron chi connectivity index (χ1n) is 7.79. The monoisotopic (exact) mass is 377 g/mol. The molecular weight excluding hydrogens is 363 g/mol. The number of alkyl halides is 3. The Kier molecular flexibility index (Phi) is 4.85. The van der Waals surface area contributed by atoms with Gasteiger partial charge in [-0.2, -0.15) is 13.2 Å². The van der Waals surface area contributed by atoms with Crippen molar-refractivity contribution in [2.45, 2.75) is 19.7 Å². The lowest BCUT2D eigenvalue weighted by Crippen LogP contribution is -2.12. The van der Waals surface area contributed by atoms with Gasteiger partial charge in [0.2, 0.25) is 0 Å². The molecule has 0 saturated carbocycles. The summed E-state index contributed by atoms with van der Waals surface area (Å²) in [6.45, 7) is 1.37. The number of carbonyl (C=O) groups is 1. The fourth-order valence-electron chi connectivity index (χ4n) is 2.50. The lowest BCUT2D eigenvalue weighted by Gasteiger charge is -2.16. The number of aromatic carboxylic acids is 1. The molecule has 0 aliphatic rings. The highest BCUT2D eigenvalue weighted by molar-refractivity contribution is 5.82. The highest BCUT2D eigenvalue weighted by Crippen LogP contribution is 2.33. The van der Waals surface area contributed by atoms with Crippen LogP contribution in [0.4, 0.5) is 13.2 Å². The third-order valence-corrected chi connectivity index (χ3v) is 3.88. The summed E-state index contributed by atoms with van der Waals surface area (Å²) in [7, 11) is 0. The molecule has 1 heterocycles. The Morgan fingerprint density at radius 1 is 1.19 bits per heavy atom. The van der Waals surface area contributed by atoms with E-state index in [4.69, 9.17) is 9.84 Å². The highest BCUT2D eigenvalue weighted by Gasteiger charge is 2.33. The molecule has 140 valence electrons. The molecule has 9 heteroatoms. The number of ether oxygens (including phenoxy) is 1. The van der Waals surface area contributed by atoms with Crippen LogP contribution >= 0.6 is 0 Å². The van der Waals surface area contributed by atoms with Gasteiger partial charge in [-0.25, -0.2) is 14.5 Å². The van der Waals surface area contributed by atoms with E-state index in [1.54, 1.807) is 37.3 Å². The molecule has 3 aromatic rings. The van der Waals surface area contributed by atoms with Gasteiger partial charge in [-0.1, -0.05) is 12.1 Å². The van der Waals surface area contributed by atoms with E-state index in [0.717, 1.165) is 6.07 Å². The number of rotatable bonds is 5. The maximum Gasteiger partial charge on any atom is 0.416 e. The number of carboxylic acids is 1. The van der Waals surface area contributed by atoms with Crippen LogP contribution in [-0.2, 0) is 12.8 Å². The maximum absolute atomic E-state index is 13.1. The predicted octanol–water partition coefficient (Wildman–Crippen LogP) is 3.87. The zero-order valence-corrected chi connectivity index (χ0v) is 14.1. The van der Waals surface area contributed by atoms with Gasteiger partial charge in [-0.05, 0) is 42.8 Å². The molecule has 0 radical (unpaired) electrons. The van der Waals surface area contributed by atoms with Crippen LogP contribution in [-0.4, -0.2) is 25.8 Å². The van der Waals surface area contributed by atoms with Crippen molar-refractivity contribution < 1.29 is 27.8 Å². The van der Waals surface area contributed by atoms with Gasteiger partial charge in [-0.15, -0.1) is 5.10 Å². The van der Waals surface area contributed by atoms with Gasteiger partial charge in [-0.3, -0.25) is 0 Å². The van der Waals surface area contributed by atoms with Crippen molar-refractivity contribution in [3.05, 3.63) is 71.3 Å².